The predicted octanol–water partition coefficient (Wildman–Crippen LogP) is 1.03. The van der Waals surface area contributed by atoms with Gasteiger partial charge in [-0.2, -0.15) is 0 Å². The van der Waals surface area contributed by atoms with Crippen molar-refractivity contribution in [2.75, 3.05) is 19.6 Å². The van der Waals surface area contributed by atoms with Crippen molar-refractivity contribution in [2.24, 2.45) is 13.0 Å². The average Bonchev–Trinajstić information content (AvgIpc) is 2.73. The van der Waals surface area contributed by atoms with Crippen LogP contribution in [0, 0.1) is 5.92 Å². The molecular weight excluding hydrogens is 226 g/mol. The number of aromatic nitrogens is 3. The summed E-state index contributed by atoms with van der Waals surface area (Å²) in [7, 11) is 1.92. The predicted molar refractivity (Wildman–Crippen MR) is 72.1 cm³/mol. The third-order valence-electron chi connectivity index (χ3n) is 3.45. The van der Waals surface area contributed by atoms with E-state index in [9.17, 15) is 0 Å². The highest BCUT2D eigenvalue weighted by molar-refractivity contribution is 4.92. The normalized spacial score (nSPS) is 21.7. The number of hydrogen-bond acceptors (Lipinski definition) is 4. The zero-order valence-electron chi connectivity index (χ0n) is 11.8. The van der Waals surface area contributed by atoms with E-state index in [1.54, 1.807) is 4.68 Å². The Kier molecular flexibility index (Phi) is 4.72. The third kappa shape index (κ3) is 4.07. The molecule has 0 spiro atoms. The lowest BCUT2D eigenvalue weighted by atomic mass is 9.97. The Balaban J connectivity index is 1.79. The number of aryl methyl sites for hydroxylation is 1. The lowest BCUT2D eigenvalue weighted by Crippen LogP contribution is -2.40. The Labute approximate surface area is 110 Å². The molecule has 2 heterocycles. The van der Waals surface area contributed by atoms with Crippen molar-refractivity contribution in [3.05, 3.63) is 11.9 Å². The van der Waals surface area contributed by atoms with Crippen LogP contribution in [0.4, 0.5) is 0 Å². The monoisotopic (exact) mass is 251 g/mol. The maximum Gasteiger partial charge on any atom is 0.0967 e. The van der Waals surface area contributed by atoms with Crippen molar-refractivity contribution in [1.82, 2.24) is 25.2 Å². The first-order valence-corrected chi connectivity index (χ1v) is 6.94. The summed E-state index contributed by atoms with van der Waals surface area (Å²) in [4.78, 5) is 2.50. The topological polar surface area (TPSA) is 46.0 Å². The van der Waals surface area contributed by atoms with Crippen molar-refractivity contribution in [3.63, 3.8) is 0 Å². The zero-order valence-corrected chi connectivity index (χ0v) is 11.8. The van der Waals surface area contributed by atoms with E-state index in [2.05, 4.69) is 34.4 Å². The minimum Gasteiger partial charge on any atom is -0.314 e. The molecule has 102 valence electrons. The fraction of sp³-hybridized carbons (Fsp3) is 0.846. The van der Waals surface area contributed by atoms with E-state index < -0.39 is 0 Å². The molecule has 1 unspecified atom stereocenters. The number of likely N-dealkylation sites (tertiary alicyclic amines) is 1. The van der Waals surface area contributed by atoms with Gasteiger partial charge in [-0.1, -0.05) is 19.1 Å². The van der Waals surface area contributed by atoms with Crippen LogP contribution in [0.5, 0.6) is 0 Å². The lowest BCUT2D eigenvalue weighted by molar-refractivity contribution is 0.162. The molecule has 1 aliphatic rings. The number of nitrogens with zero attached hydrogens (tertiary/aromatic N) is 4. The van der Waals surface area contributed by atoms with Gasteiger partial charge in [-0.3, -0.25) is 9.58 Å². The maximum atomic E-state index is 4.16. The molecule has 1 aliphatic heterocycles. The van der Waals surface area contributed by atoms with Gasteiger partial charge in [-0.25, -0.2) is 0 Å². The Morgan fingerprint density at radius 1 is 1.50 bits per heavy atom. The second-order valence-corrected chi connectivity index (χ2v) is 5.69. The highest BCUT2D eigenvalue weighted by Gasteiger charge is 2.20. The molecule has 2 rings (SSSR count). The fourth-order valence-corrected chi connectivity index (χ4v) is 2.56. The standard InChI is InChI=1S/C13H25N5/c1-11(2)14-7-12-5-4-6-18(8-12)10-13-9-17(3)16-15-13/h9,11-12,14H,4-8,10H2,1-3H3. The molecule has 0 aliphatic carbocycles. The summed E-state index contributed by atoms with van der Waals surface area (Å²) in [5.74, 6) is 0.776. The molecule has 5 heteroatoms. The molecule has 0 bridgehead atoms. The summed E-state index contributed by atoms with van der Waals surface area (Å²) in [6.07, 6.45) is 4.65. The van der Waals surface area contributed by atoms with Crippen molar-refractivity contribution >= 4 is 0 Å². The molecule has 1 fully saturated rings. The molecule has 18 heavy (non-hydrogen) atoms. The van der Waals surface area contributed by atoms with Gasteiger partial charge in [-0.05, 0) is 31.8 Å². The molecule has 5 nitrogen and oxygen atoms in total. The number of hydrogen-bond donors (Lipinski definition) is 1. The van der Waals surface area contributed by atoms with Gasteiger partial charge in [0, 0.05) is 32.4 Å². The lowest BCUT2D eigenvalue weighted by Gasteiger charge is -2.32. The molecule has 1 aromatic rings. The van der Waals surface area contributed by atoms with Gasteiger partial charge >= 0.3 is 0 Å². The number of rotatable bonds is 5. The van der Waals surface area contributed by atoms with Crippen LogP contribution in [-0.4, -0.2) is 45.6 Å². The van der Waals surface area contributed by atoms with Crippen LogP contribution < -0.4 is 5.32 Å². The van der Waals surface area contributed by atoms with Gasteiger partial charge in [-0.15, -0.1) is 5.10 Å². The van der Waals surface area contributed by atoms with E-state index >= 15 is 0 Å². The largest absolute Gasteiger partial charge is 0.314 e. The molecule has 0 amide bonds. The Morgan fingerprint density at radius 3 is 3.00 bits per heavy atom. The first-order valence-electron chi connectivity index (χ1n) is 6.94. The van der Waals surface area contributed by atoms with Crippen LogP contribution in [0.25, 0.3) is 0 Å². The van der Waals surface area contributed by atoms with E-state index in [4.69, 9.17) is 0 Å². The summed E-state index contributed by atoms with van der Waals surface area (Å²) in [6, 6.07) is 0.584. The zero-order chi connectivity index (χ0) is 13.0. The van der Waals surface area contributed by atoms with Crippen molar-refractivity contribution in [2.45, 2.75) is 39.3 Å². The quantitative estimate of drug-likeness (QED) is 0.849. The Morgan fingerprint density at radius 2 is 2.33 bits per heavy atom. The SMILES string of the molecule is CC(C)NCC1CCCN(Cc2cn(C)nn2)C1. The molecular formula is C13H25N5. The van der Waals surface area contributed by atoms with Gasteiger partial charge in [0.15, 0.2) is 0 Å². The van der Waals surface area contributed by atoms with Crippen molar-refractivity contribution in [1.29, 1.82) is 0 Å². The number of nitrogens with one attached hydrogen (secondary N) is 1. The summed E-state index contributed by atoms with van der Waals surface area (Å²) in [6.45, 7) is 8.85. The van der Waals surface area contributed by atoms with Gasteiger partial charge in [0.05, 0.1) is 5.69 Å². The van der Waals surface area contributed by atoms with Crippen LogP contribution in [0.2, 0.25) is 0 Å². The second kappa shape index (κ2) is 6.29. The molecule has 1 aromatic heterocycles. The van der Waals surface area contributed by atoms with Crippen LogP contribution in [0.3, 0.4) is 0 Å². The molecule has 1 atom stereocenters. The minimum atomic E-state index is 0.584. The summed E-state index contributed by atoms with van der Waals surface area (Å²) >= 11 is 0. The van der Waals surface area contributed by atoms with Crippen LogP contribution in [0.1, 0.15) is 32.4 Å². The van der Waals surface area contributed by atoms with Gasteiger partial charge in [0.25, 0.3) is 0 Å². The van der Waals surface area contributed by atoms with Crippen LogP contribution >= 0.6 is 0 Å². The highest BCUT2D eigenvalue weighted by Crippen LogP contribution is 2.17. The molecule has 1 N–H and O–H groups in total. The molecule has 1 saturated heterocycles. The van der Waals surface area contributed by atoms with E-state index in [0.29, 0.717) is 6.04 Å². The summed E-state index contributed by atoms with van der Waals surface area (Å²) < 4.78 is 1.77. The number of piperidine rings is 1. The van der Waals surface area contributed by atoms with Gasteiger partial charge in [0.1, 0.15) is 0 Å². The Bertz CT molecular complexity index is 360. The van der Waals surface area contributed by atoms with E-state index in [-0.39, 0.29) is 0 Å². The molecule has 0 aromatic carbocycles. The minimum absolute atomic E-state index is 0.584. The van der Waals surface area contributed by atoms with Crippen LogP contribution in [0.15, 0.2) is 6.20 Å². The van der Waals surface area contributed by atoms with Crippen molar-refractivity contribution < 1.29 is 0 Å². The smallest absolute Gasteiger partial charge is 0.0967 e. The van der Waals surface area contributed by atoms with E-state index in [0.717, 1.165) is 24.7 Å². The van der Waals surface area contributed by atoms with Gasteiger partial charge in [0.2, 0.25) is 0 Å². The summed E-state index contributed by atoms with van der Waals surface area (Å²) in [5.41, 5.74) is 1.08. The fourth-order valence-electron chi connectivity index (χ4n) is 2.56. The Hall–Kier alpha value is -0.940. The summed E-state index contributed by atoms with van der Waals surface area (Å²) in [5, 5.41) is 11.7. The van der Waals surface area contributed by atoms with Crippen LogP contribution in [-0.2, 0) is 13.6 Å². The third-order valence-corrected chi connectivity index (χ3v) is 3.45. The first kappa shape index (κ1) is 13.5. The first-order chi connectivity index (χ1) is 8.63. The van der Waals surface area contributed by atoms with Crippen molar-refractivity contribution in [3.8, 4) is 0 Å². The molecule has 0 saturated carbocycles. The highest BCUT2D eigenvalue weighted by atomic mass is 15.4. The van der Waals surface area contributed by atoms with Gasteiger partial charge < -0.3 is 5.32 Å². The average molecular weight is 251 g/mol. The van der Waals surface area contributed by atoms with E-state index in [1.807, 2.05) is 13.2 Å². The molecule has 0 radical (unpaired) electrons. The van der Waals surface area contributed by atoms with E-state index in [1.165, 1.54) is 25.9 Å². The second-order valence-electron chi connectivity index (χ2n) is 5.69. The maximum absolute atomic E-state index is 4.16.